The van der Waals surface area contributed by atoms with Gasteiger partial charge >= 0.3 is 6.18 Å². The normalized spacial score (nSPS) is 12.5. The first-order valence-electron chi connectivity index (χ1n) is 4.43. The monoisotopic (exact) mass is 269 g/mol. The van der Waals surface area contributed by atoms with E-state index in [9.17, 15) is 21.6 Å². The van der Waals surface area contributed by atoms with Crippen LogP contribution < -0.4 is 4.90 Å². The highest BCUT2D eigenvalue weighted by atomic mass is 32.2. The highest BCUT2D eigenvalue weighted by Gasteiger charge is 2.30. The van der Waals surface area contributed by atoms with Crippen LogP contribution in [0.3, 0.4) is 0 Å². The number of hydrogen-bond donors (Lipinski definition) is 1. The average Bonchev–Trinajstić information content (AvgIpc) is 2.14. The van der Waals surface area contributed by atoms with Crippen molar-refractivity contribution < 1.29 is 26.1 Å². The molecule has 0 aromatic heterocycles. The maximum absolute atomic E-state index is 12.2. The highest BCUT2D eigenvalue weighted by Crippen LogP contribution is 2.30. The fourth-order valence-electron chi connectivity index (χ4n) is 1.22. The number of hydrogen-bond acceptors (Lipinski definition) is 3. The van der Waals surface area contributed by atoms with Crippen LogP contribution in [0.25, 0.3) is 0 Å². The molecule has 1 N–H and O–H groups in total. The number of benzene rings is 1. The molecule has 0 aliphatic heterocycles. The summed E-state index contributed by atoms with van der Waals surface area (Å²) in [6.45, 7) is 0. The van der Waals surface area contributed by atoms with E-state index >= 15 is 0 Å². The lowest BCUT2D eigenvalue weighted by Gasteiger charge is -2.17. The van der Waals surface area contributed by atoms with Gasteiger partial charge in [0.2, 0.25) is 0 Å². The van der Waals surface area contributed by atoms with Gasteiger partial charge in [-0.2, -0.15) is 21.6 Å². The minimum atomic E-state index is -4.43. The van der Waals surface area contributed by atoms with Gasteiger partial charge in [0.1, 0.15) is 5.88 Å². The molecule has 4 nitrogen and oxygen atoms in total. The van der Waals surface area contributed by atoms with Crippen LogP contribution in [0.15, 0.2) is 24.3 Å². The molecule has 0 radical (unpaired) electrons. The lowest BCUT2D eigenvalue weighted by Crippen LogP contribution is -2.25. The van der Waals surface area contributed by atoms with Crippen LogP contribution in [0.4, 0.5) is 18.9 Å². The second-order valence-electron chi connectivity index (χ2n) is 3.45. The van der Waals surface area contributed by atoms with Crippen molar-refractivity contribution in [2.45, 2.75) is 6.18 Å². The first kappa shape index (κ1) is 13.8. The van der Waals surface area contributed by atoms with Crippen LogP contribution in [-0.4, -0.2) is 25.9 Å². The zero-order chi connectivity index (χ0) is 13.3. The van der Waals surface area contributed by atoms with Crippen molar-refractivity contribution in [2.75, 3.05) is 17.8 Å². The largest absolute Gasteiger partial charge is 0.416 e. The van der Waals surface area contributed by atoms with Crippen molar-refractivity contribution in [3.63, 3.8) is 0 Å². The molecule has 96 valence electrons. The summed E-state index contributed by atoms with van der Waals surface area (Å²) in [6.07, 6.45) is -4.43. The van der Waals surface area contributed by atoms with Gasteiger partial charge < -0.3 is 4.90 Å². The Balaban J connectivity index is 2.88. The van der Waals surface area contributed by atoms with E-state index < -0.39 is 27.7 Å². The van der Waals surface area contributed by atoms with Gasteiger partial charge in [-0.15, -0.1) is 0 Å². The van der Waals surface area contributed by atoms with Gasteiger partial charge in [0, 0.05) is 12.7 Å². The quantitative estimate of drug-likeness (QED) is 0.852. The molecule has 0 saturated carbocycles. The van der Waals surface area contributed by atoms with Gasteiger partial charge in [0.05, 0.1) is 5.56 Å². The van der Waals surface area contributed by atoms with E-state index in [-0.39, 0.29) is 5.69 Å². The van der Waals surface area contributed by atoms with Crippen molar-refractivity contribution in [3.05, 3.63) is 29.8 Å². The van der Waals surface area contributed by atoms with Crippen molar-refractivity contribution in [2.24, 2.45) is 0 Å². The fraction of sp³-hybridized carbons (Fsp3) is 0.333. The van der Waals surface area contributed by atoms with Crippen LogP contribution in [0.2, 0.25) is 0 Å². The van der Waals surface area contributed by atoms with Crippen LogP contribution >= 0.6 is 0 Å². The average molecular weight is 269 g/mol. The molecule has 0 aliphatic carbocycles. The van der Waals surface area contributed by atoms with Gasteiger partial charge in [0.25, 0.3) is 10.1 Å². The molecule has 0 atom stereocenters. The molecule has 0 heterocycles. The fourth-order valence-corrected chi connectivity index (χ4v) is 1.86. The topological polar surface area (TPSA) is 57.6 Å². The zero-order valence-electron chi connectivity index (χ0n) is 8.77. The third-order valence-corrected chi connectivity index (χ3v) is 2.71. The summed E-state index contributed by atoms with van der Waals surface area (Å²) in [4.78, 5) is 1.12. The van der Waals surface area contributed by atoms with Crippen LogP contribution in [-0.2, 0) is 16.3 Å². The van der Waals surface area contributed by atoms with Gasteiger partial charge in [-0.3, -0.25) is 4.55 Å². The van der Waals surface area contributed by atoms with Crippen LogP contribution in [0.1, 0.15) is 5.56 Å². The molecular weight excluding hydrogens is 259 g/mol. The maximum Gasteiger partial charge on any atom is 0.416 e. The third kappa shape index (κ3) is 4.23. The van der Waals surface area contributed by atoms with Gasteiger partial charge in [-0.05, 0) is 24.3 Å². The zero-order valence-corrected chi connectivity index (χ0v) is 9.59. The summed E-state index contributed by atoms with van der Waals surface area (Å²) >= 11 is 0. The predicted molar refractivity (Wildman–Crippen MR) is 56.3 cm³/mol. The van der Waals surface area contributed by atoms with E-state index in [1.807, 2.05) is 0 Å². The second kappa shape index (κ2) is 4.53. The number of halogens is 3. The molecule has 0 amide bonds. The van der Waals surface area contributed by atoms with E-state index in [1.54, 1.807) is 0 Å². The Morgan fingerprint density at radius 2 is 1.71 bits per heavy atom. The highest BCUT2D eigenvalue weighted by molar-refractivity contribution is 7.85. The van der Waals surface area contributed by atoms with Crippen molar-refractivity contribution >= 4 is 15.8 Å². The third-order valence-electron chi connectivity index (χ3n) is 1.99. The molecular formula is C9H10F3NO3S. The molecule has 1 rings (SSSR count). The molecule has 1 aromatic carbocycles. The van der Waals surface area contributed by atoms with Crippen molar-refractivity contribution in [1.82, 2.24) is 0 Å². The molecule has 1 aromatic rings. The number of anilines is 1. The Morgan fingerprint density at radius 3 is 2.06 bits per heavy atom. The van der Waals surface area contributed by atoms with Crippen LogP contribution in [0.5, 0.6) is 0 Å². The SMILES string of the molecule is CN(CS(=O)(=O)O)c1ccc(C(F)(F)F)cc1. The Bertz CT molecular complexity index is 481. The van der Waals surface area contributed by atoms with E-state index in [0.717, 1.165) is 29.2 Å². The lowest BCUT2D eigenvalue weighted by molar-refractivity contribution is -0.137. The van der Waals surface area contributed by atoms with Crippen molar-refractivity contribution in [1.29, 1.82) is 0 Å². The van der Waals surface area contributed by atoms with Crippen molar-refractivity contribution in [3.8, 4) is 0 Å². The van der Waals surface area contributed by atoms with E-state index in [2.05, 4.69) is 0 Å². The summed E-state index contributed by atoms with van der Waals surface area (Å²) in [7, 11) is -2.86. The maximum atomic E-state index is 12.2. The lowest BCUT2D eigenvalue weighted by atomic mass is 10.2. The van der Waals surface area contributed by atoms with E-state index in [4.69, 9.17) is 4.55 Å². The molecule has 17 heavy (non-hydrogen) atoms. The summed E-state index contributed by atoms with van der Waals surface area (Å²) in [6, 6.07) is 3.95. The number of nitrogens with zero attached hydrogens (tertiary/aromatic N) is 1. The Morgan fingerprint density at radius 1 is 1.24 bits per heavy atom. The second-order valence-corrected chi connectivity index (χ2v) is 4.88. The standard InChI is InChI=1S/C9H10F3NO3S/c1-13(6-17(14,15)16)8-4-2-7(3-5-8)9(10,11)12/h2-5H,6H2,1H3,(H,14,15,16). The number of alkyl halides is 3. The summed E-state index contributed by atoms with van der Waals surface area (Å²) in [5.41, 5.74) is -0.558. The summed E-state index contributed by atoms with van der Waals surface area (Å²) in [5, 5.41) is 0. The van der Waals surface area contributed by atoms with Gasteiger partial charge in [-0.1, -0.05) is 0 Å². The van der Waals surface area contributed by atoms with Gasteiger partial charge in [-0.25, -0.2) is 0 Å². The Hall–Kier alpha value is -1.28. The molecule has 0 fully saturated rings. The summed E-state index contributed by atoms with van der Waals surface area (Å²) < 4.78 is 66.5. The summed E-state index contributed by atoms with van der Waals surface area (Å²) in [5.74, 6) is -0.682. The van der Waals surface area contributed by atoms with E-state index in [0.29, 0.717) is 0 Å². The minimum absolute atomic E-state index is 0.260. The molecule has 0 unspecified atom stereocenters. The molecule has 8 heteroatoms. The Labute approximate surface area is 96.4 Å². The molecule has 0 aliphatic rings. The van der Waals surface area contributed by atoms with Gasteiger partial charge in [0.15, 0.2) is 0 Å². The molecule has 0 saturated heterocycles. The molecule has 0 bridgehead atoms. The molecule has 0 spiro atoms. The smallest absolute Gasteiger partial charge is 0.359 e. The first-order chi connectivity index (χ1) is 7.59. The number of rotatable bonds is 3. The minimum Gasteiger partial charge on any atom is -0.359 e. The predicted octanol–water partition coefficient (Wildman–Crippen LogP) is 1.99. The first-order valence-corrected chi connectivity index (χ1v) is 6.04. The van der Waals surface area contributed by atoms with Crippen LogP contribution in [0, 0.1) is 0 Å². The Kier molecular flexibility index (Phi) is 3.68. The van der Waals surface area contributed by atoms with E-state index in [1.165, 1.54) is 7.05 Å².